The predicted molar refractivity (Wildman–Crippen MR) is 120 cm³/mol. The summed E-state index contributed by atoms with van der Waals surface area (Å²) in [6, 6.07) is 1.76. The molecule has 1 aromatic heterocycles. The van der Waals surface area contributed by atoms with Gasteiger partial charge in [0.25, 0.3) is 5.91 Å². The van der Waals surface area contributed by atoms with E-state index in [1.807, 2.05) is 0 Å². The Morgan fingerprint density at radius 3 is 2.79 bits per heavy atom. The van der Waals surface area contributed by atoms with Crippen molar-refractivity contribution in [2.75, 3.05) is 38.5 Å². The lowest BCUT2D eigenvalue weighted by Crippen LogP contribution is -2.40. The summed E-state index contributed by atoms with van der Waals surface area (Å²) in [5, 5.41) is 10.3. The van der Waals surface area contributed by atoms with Gasteiger partial charge < -0.3 is 20.4 Å². The number of halogens is 3. The van der Waals surface area contributed by atoms with Crippen LogP contribution in [0.2, 0.25) is 0 Å². The van der Waals surface area contributed by atoms with Crippen LogP contribution in [0.1, 0.15) is 34.2 Å². The summed E-state index contributed by atoms with van der Waals surface area (Å²) >= 11 is 0. The standard InChI is InChI=1S/C23H29F3N6O2/c1-13(24)8-27-9-15-10-30(3)22(33)21-16-12-31(7-6-18(16)29-32(21)11-15)23(34)28-19-5-4-17(25)14(2)20(19)26/h4-5,13,15,27H,6-12H2,1-3H3,(H,28,34)/t13?,15-/m1/s1. The molecule has 0 radical (unpaired) electrons. The lowest BCUT2D eigenvalue weighted by Gasteiger charge is -2.27. The zero-order valence-corrected chi connectivity index (χ0v) is 19.5. The van der Waals surface area contributed by atoms with E-state index in [1.54, 1.807) is 16.6 Å². The van der Waals surface area contributed by atoms with Crippen LogP contribution in [0, 0.1) is 24.5 Å². The van der Waals surface area contributed by atoms with Gasteiger partial charge in [-0.15, -0.1) is 0 Å². The van der Waals surface area contributed by atoms with E-state index in [2.05, 4.69) is 15.7 Å². The third kappa shape index (κ3) is 4.75. The highest BCUT2D eigenvalue weighted by molar-refractivity contribution is 5.95. The second kappa shape index (κ2) is 9.65. The molecular weight excluding hydrogens is 449 g/mol. The van der Waals surface area contributed by atoms with E-state index < -0.39 is 23.8 Å². The first-order valence-electron chi connectivity index (χ1n) is 11.3. The topological polar surface area (TPSA) is 82.5 Å². The molecule has 2 aromatic rings. The molecule has 0 saturated heterocycles. The molecule has 0 spiro atoms. The highest BCUT2D eigenvalue weighted by atomic mass is 19.1. The summed E-state index contributed by atoms with van der Waals surface area (Å²) in [7, 11) is 1.72. The summed E-state index contributed by atoms with van der Waals surface area (Å²) in [6.45, 7) is 5.08. The minimum absolute atomic E-state index is 0.0550. The van der Waals surface area contributed by atoms with Gasteiger partial charge >= 0.3 is 6.03 Å². The van der Waals surface area contributed by atoms with Crippen molar-refractivity contribution in [3.63, 3.8) is 0 Å². The third-order valence-corrected chi connectivity index (χ3v) is 6.32. The number of hydrogen-bond donors (Lipinski definition) is 2. The maximum atomic E-state index is 14.4. The van der Waals surface area contributed by atoms with E-state index in [-0.39, 0.29) is 36.2 Å². The van der Waals surface area contributed by atoms with Gasteiger partial charge in [-0.25, -0.2) is 18.0 Å². The number of benzene rings is 1. The van der Waals surface area contributed by atoms with Crippen LogP contribution in [-0.4, -0.2) is 70.9 Å². The number of amides is 3. The van der Waals surface area contributed by atoms with E-state index >= 15 is 0 Å². The van der Waals surface area contributed by atoms with E-state index in [0.717, 1.165) is 11.8 Å². The van der Waals surface area contributed by atoms with Crippen LogP contribution in [-0.2, 0) is 19.5 Å². The maximum absolute atomic E-state index is 14.4. The Morgan fingerprint density at radius 1 is 1.29 bits per heavy atom. The molecule has 0 fully saturated rings. The van der Waals surface area contributed by atoms with Crippen LogP contribution in [0.25, 0.3) is 0 Å². The molecule has 4 rings (SSSR count). The van der Waals surface area contributed by atoms with Crippen LogP contribution in [0.15, 0.2) is 12.1 Å². The van der Waals surface area contributed by atoms with E-state index in [0.29, 0.717) is 43.9 Å². The van der Waals surface area contributed by atoms with Crippen molar-refractivity contribution in [3.05, 3.63) is 46.3 Å². The fourth-order valence-electron chi connectivity index (χ4n) is 4.49. The Bertz CT molecular complexity index is 1100. The Morgan fingerprint density at radius 2 is 2.06 bits per heavy atom. The first-order valence-corrected chi connectivity index (χ1v) is 11.3. The molecule has 0 aliphatic carbocycles. The molecular formula is C23H29F3N6O2. The molecule has 2 aliphatic heterocycles. The number of nitrogens with one attached hydrogen (secondary N) is 2. The van der Waals surface area contributed by atoms with Gasteiger partial charge in [-0.05, 0) is 26.0 Å². The van der Waals surface area contributed by atoms with Gasteiger partial charge in [-0.3, -0.25) is 9.48 Å². The van der Waals surface area contributed by atoms with Gasteiger partial charge in [0, 0.05) is 63.2 Å². The van der Waals surface area contributed by atoms with Gasteiger partial charge in [0.1, 0.15) is 17.7 Å². The average molecular weight is 479 g/mol. The SMILES string of the molecule is Cc1c(F)ccc(NC(=O)N2CCc3nn4c(c3C2)C(=O)N(C)C[C@@H](CNCC(C)F)C4)c1F. The van der Waals surface area contributed by atoms with E-state index in [4.69, 9.17) is 0 Å². The van der Waals surface area contributed by atoms with Crippen LogP contribution in [0.3, 0.4) is 0 Å². The quantitative estimate of drug-likeness (QED) is 0.693. The first-order chi connectivity index (χ1) is 16.2. The first kappa shape index (κ1) is 24.1. The number of nitrogens with zero attached hydrogens (tertiary/aromatic N) is 4. The number of carbonyl (C=O) groups is 2. The molecule has 11 heteroatoms. The maximum Gasteiger partial charge on any atom is 0.322 e. The van der Waals surface area contributed by atoms with Crippen LogP contribution >= 0.6 is 0 Å². The van der Waals surface area contributed by atoms with Crippen LogP contribution in [0.5, 0.6) is 0 Å². The number of anilines is 1. The normalized spacial score (nSPS) is 18.9. The number of carbonyl (C=O) groups excluding carboxylic acids is 2. The molecule has 3 heterocycles. The van der Waals surface area contributed by atoms with Crippen LogP contribution < -0.4 is 10.6 Å². The monoisotopic (exact) mass is 478 g/mol. The van der Waals surface area contributed by atoms with Crippen molar-refractivity contribution in [3.8, 4) is 0 Å². The van der Waals surface area contributed by atoms with Crippen molar-refractivity contribution < 1.29 is 22.8 Å². The Kier molecular flexibility index (Phi) is 6.83. The number of fused-ring (bicyclic) bond motifs is 3. The molecule has 2 atom stereocenters. The number of hydrogen-bond acceptors (Lipinski definition) is 4. The van der Waals surface area contributed by atoms with Gasteiger partial charge in [0.15, 0.2) is 5.82 Å². The smallest absolute Gasteiger partial charge is 0.322 e. The average Bonchev–Trinajstić information content (AvgIpc) is 3.09. The molecule has 184 valence electrons. The Labute approximate surface area is 196 Å². The van der Waals surface area contributed by atoms with Crippen molar-refractivity contribution in [2.24, 2.45) is 5.92 Å². The molecule has 2 N–H and O–H groups in total. The lowest BCUT2D eigenvalue weighted by atomic mass is 10.0. The molecule has 1 aromatic carbocycles. The summed E-state index contributed by atoms with van der Waals surface area (Å²) in [4.78, 5) is 29.1. The Hall–Kier alpha value is -3.08. The fourth-order valence-corrected chi connectivity index (χ4v) is 4.49. The zero-order chi connectivity index (χ0) is 24.6. The predicted octanol–water partition coefficient (Wildman–Crippen LogP) is 2.71. The number of rotatable bonds is 5. The van der Waals surface area contributed by atoms with Gasteiger partial charge in [-0.2, -0.15) is 5.10 Å². The lowest BCUT2D eigenvalue weighted by molar-refractivity contribution is 0.0778. The molecule has 3 amide bonds. The van der Waals surface area contributed by atoms with E-state index in [9.17, 15) is 22.8 Å². The molecule has 34 heavy (non-hydrogen) atoms. The second-order valence-corrected chi connectivity index (χ2v) is 9.08. The minimum Gasteiger partial charge on any atom is -0.340 e. The zero-order valence-electron chi connectivity index (χ0n) is 19.5. The van der Waals surface area contributed by atoms with Gasteiger partial charge in [0.2, 0.25) is 0 Å². The fraction of sp³-hybridized carbons (Fsp3) is 0.522. The van der Waals surface area contributed by atoms with Crippen molar-refractivity contribution in [1.29, 1.82) is 0 Å². The number of aromatic nitrogens is 2. The molecule has 2 aliphatic rings. The van der Waals surface area contributed by atoms with Gasteiger partial charge in [-0.1, -0.05) is 0 Å². The highest BCUT2D eigenvalue weighted by Gasteiger charge is 2.34. The molecule has 0 saturated carbocycles. The summed E-state index contributed by atoms with van der Waals surface area (Å²) in [5.74, 6) is -1.63. The Balaban J connectivity index is 1.52. The molecule has 8 nitrogen and oxygen atoms in total. The molecule has 0 bridgehead atoms. The van der Waals surface area contributed by atoms with E-state index in [1.165, 1.54) is 24.8 Å². The third-order valence-electron chi connectivity index (χ3n) is 6.32. The summed E-state index contributed by atoms with van der Waals surface area (Å²) in [5.41, 5.74) is 1.62. The van der Waals surface area contributed by atoms with Crippen molar-refractivity contribution >= 4 is 17.6 Å². The molecule has 1 unspecified atom stereocenters. The second-order valence-electron chi connectivity index (χ2n) is 9.08. The van der Waals surface area contributed by atoms with Gasteiger partial charge in [0.05, 0.1) is 17.9 Å². The minimum atomic E-state index is -0.956. The summed E-state index contributed by atoms with van der Waals surface area (Å²) < 4.78 is 42.7. The summed E-state index contributed by atoms with van der Waals surface area (Å²) in [6.07, 6.45) is -0.505. The van der Waals surface area contributed by atoms with Crippen molar-refractivity contribution in [1.82, 2.24) is 24.9 Å². The highest BCUT2D eigenvalue weighted by Crippen LogP contribution is 2.27. The largest absolute Gasteiger partial charge is 0.340 e. The number of alkyl halides is 1. The van der Waals surface area contributed by atoms with Crippen molar-refractivity contribution in [2.45, 2.75) is 39.5 Å². The number of urea groups is 1. The van der Waals surface area contributed by atoms with Crippen LogP contribution in [0.4, 0.5) is 23.7 Å².